The van der Waals surface area contributed by atoms with E-state index in [-0.39, 0.29) is 17.3 Å². The average Bonchev–Trinajstić information content (AvgIpc) is 3.46. The van der Waals surface area contributed by atoms with Gasteiger partial charge in [-0.05, 0) is 60.5 Å². The number of ketones is 1. The molecule has 0 aliphatic carbocycles. The van der Waals surface area contributed by atoms with Crippen molar-refractivity contribution in [1.82, 2.24) is 9.97 Å². The zero-order valence-corrected chi connectivity index (χ0v) is 20.7. The lowest BCUT2D eigenvalue weighted by Crippen LogP contribution is -2.30. The molecule has 1 fully saturated rings. The van der Waals surface area contributed by atoms with Gasteiger partial charge in [-0.15, -0.1) is 0 Å². The van der Waals surface area contributed by atoms with Crippen LogP contribution in [-0.2, 0) is 9.59 Å². The van der Waals surface area contributed by atoms with E-state index >= 15 is 0 Å². The molecule has 1 atom stereocenters. The van der Waals surface area contributed by atoms with Crippen LogP contribution >= 0.6 is 0 Å². The van der Waals surface area contributed by atoms with Crippen LogP contribution in [0.3, 0.4) is 0 Å². The van der Waals surface area contributed by atoms with E-state index in [1.807, 2.05) is 25.1 Å². The minimum atomic E-state index is -0.984. The zero-order chi connectivity index (χ0) is 26.3. The van der Waals surface area contributed by atoms with Crippen molar-refractivity contribution >= 4 is 34.4 Å². The molecule has 0 saturated carbocycles. The summed E-state index contributed by atoms with van der Waals surface area (Å²) < 4.78 is 16.2. The number of imidazole rings is 1. The van der Waals surface area contributed by atoms with Crippen molar-refractivity contribution in [2.24, 2.45) is 0 Å². The summed E-state index contributed by atoms with van der Waals surface area (Å²) >= 11 is 0. The average molecular weight is 500 g/mol. The fourth-order valence-corrected chi connectivity index (χ4v) is 4.62. The highest BCUT2D eigenvalue weighted by Gasteiger charge is 2.48. The Morgan fingerprint density at radius 3 is 2.30 bits per heavy atom. The number of aromatic amines is 1. The Balaban J connectivity index is 1.74. The van der Waals surface area contributed by atoms with E-state index < -0.39 is 17.7 Å². The number of benzene rings is 3. The standard InChI is InChI=1S/C28H25N3O6/c1-15-13-17(10-11-20(15)35-2)25(32)23-24(16-9-12-21(36-3)22(14-16)37-4)31(27(34)26(23)33)28-29-18-7-5-6-8-19(18)30-28/h5-14,24,32H,1-4H3,(H,29,30)/b25-23+. The summed E-state index contributed by atoms with van der Waals surface area (Å²) in [5, 5.41) is 11.4. The minimum absolute atomic E-state index is 0.0674. The lowest BCUT2D eigenvalue weighted by molar-refractivity contribution is -0.132. The molecule has 9 nitrogen and oxygen atoms in total. The third-order valence-electron chi connectivity index (χ3n) is 6.44. The number of anilines is 1. The molecule has 1 saturated heterocycles. The monoisotopic (exact) mass is 499 g/mol. The van der Waals surface area contributed by atoms with Crippen LogP contribution in [0.2, 0.25) is 0 Å². The van der Waals surface area contributed by atoms with Gasteiger partial charge in [0, 0.05) is 5.56 Å². The van der Waals surface area contributed by atoms with Gasteiger partial charge >= 0.3 is 5.91 Å². The van der Waals surface area contributed by atoms with Crippen LogP contribution in [0.4, 0.5) is 5.95 Å². The largest absolute Gasteiger partial charge is 0.507 e. The highest BCUT2D eigenvalue weighted by molar-refractivity contribution is 6.51. The number of methoxy groups -OCH3 is 3. The summed E-state index contributed by atoms with van der Waals surface area (Å²) in [6.07, 6.45) is 0. The SMILES string of the molecule is COc1ccc(/C(O)=C2\C(=O)C(=O)N(c3nc4ccccc4[nH]3)C2c2ccc(OC)c(OC)c2)cc1C. The van der Waals surface area contributed by atoms with Crippen LogP contribution in [-0.4, -0.2) is 48.1 Å². The van der Waals surface area contributed by atoms with Gasteiger partial charge in [0.25, 0.3) is 5.78 Å². The smallest absolute Gasteiger partial charge is 0.302 e. The van der Waals surface area contributed by atoms with Crippen LogP contribution in [0.1, 0.15) is 22.7 Å². The highest BCUT2D eigenvalue weighted by Crippen LogP contribution is 2.44. The normalized spacial score (nSPS) is 16.9. The van der Waals surface area contributed by atoms with Gasteiger partial charge in [-0.2, -0.15) is 0 Å². The number of fused-ring (bicyclic) bond motifs is 1. The van der Waals surface area contributed by atoms with E-state index in [2.05, 4.69) is 9.97 Å². The van der Waals surface area contributed by atoms with Gasteiger partial charge in [0.1, 0.15) is 11.5 Å². The van der Waals surface area contributed by atoms with Crippen molar-refractivity contribution < 1.29 is 28.9 Å². The predicted molar refractivity (Wildman–Crippen MR) is 138 cm³/mol. The summed E-state index contributed by atoms with van der Waals surface area (Å²) in [6, 6.07) is 16.5. The van der Waals surface area contributed by atoms with Crippen molar-refractivity contribution in [1.29, 1.82) is 0 Å². The number of carbonyl (C=O) groups excluding carboxylic acids is 2. The second kappa shape index (κ2) is 9.34. The second-order valence-corrected chi connectivity index (χ2v) is 8.55. The number of aryl methyl sites for hydroxylation is 1. The number of nitrogens with zero attached hydrogens (tertiary/aromatic N) is 2. The first-order valence-corrected chi connectivity index (χ1v) is 11.5. The Labute approximate surface area is 212 Å². The van der Waals surface area contributed by atoms with Gasteiger partial charge < -0.3 is 24.3 Å². The fraction of sp³-hybridized carbons (Fsp3) is 0.179. The number of ether oxygens (including phenoxy) is 3. The Hall–Kier alpha value is -4.79. The molecule has 3 aromatic carbocycles. The van der Waals surface area contributed by atoms with Crippen LogP contribution in [0.15, 0.2) is 66.2 Å². The Kier molecular flexibility index (Phi) is 6.04. The number of hydrogen-bond acceptors (Lipinski definition) is 7. The molecular formula is C28H25N3O6. The quantitative estimate of drug-likeness (QED) is 0.228. The molecule has 1 aliphatic heterocycles. The topological polar surface area (TPSA) is 114 Å². The highest BCUT2D eigenvalue weighted by atomic mass is 16.5. The number of Topliss-reactive ketones (excluding diaryl/α,β-unsaturated/α-hetero) is 1. The van der Waals surface area contributed by atoms with Gasteiger partial charge in [0.05, 0.1) is 44.0 Å². The van der Waals surface area contributed by atoms with Crippen molar-refractivity contribution in [2.75, 3.05) is 26.2 Å². The van der Waals surface area contributed by atoms with Gasteiger partial charge in [0.15, 0.2) is 11.5 Å². The Morgan fingerprint density at radius 1 is 0.919 bits per heavy atom. The molecule has 4 aromatic rings. The first-order chi connectivity index (χ1) is 17.9. The van der Waals surface area contributed by atoms with E-state index in [0.717, 1.165) is 5.56 Å². The van der Waals surface area contributed by atoms with E-state index in [4.69, 9.17) is 14.2 Å². The number of nitrogens with one attached hydrogen (secondary N) is 1. The van der Waals surface area contributed by atoms with Crippen LogP contribution < -0.4 is 19.1 Å². The first kappa shape index (κ1) is 23.9. The molecule has 0 radical (unpaired) electrons. The molecule has 1 unspecified atom stereocenters. The summed E-state index contributed by atoms with van der Waals surface area (Å²) in [4.78, 5) is 35.9. The van der Waals surface area contributed by atoms with Crippen LogP contribution in [0, 0.1) is 6.92 Å². The second-order valence-electron chi connectivity index (χ2n) is 8.55. The molecule has 1 aliphatic rings. The lowest BCUT2D eigenvalue weighted by Gasteiger charge is -2.24. The number of carbonyl (C=O) groups is 2. The molecule has 2 heterocycles. The number of para-hydroxylation sites is 2. The molecule has 188 valence electrons. The van der Waals surface area contributed by atoms with Crippen molar-refractivity contribution in [3.8, 4) is 17.2 Å². The van der Waals surface area contributed by atoms with Crippen molar-refractivity contribution in [3.05, 3.63) is 82.9 Å². The Bertz CT molecular complexity index is 1540. The molecule has 37 heavy (non-hydrogen) atoms. The maximum absolute atomic E-state index is 13.5. The predicted octanol–water partition coefficient (Wildman–Crippen LogP) is 4.52. The van der Waals surface area contributed by atoms with Gasteiger partial charge in [-0.3, -0.25) is 14.5 Å². The van der Waals surface area contributed by atoms with Crippen LogP contribution in [0.5, 0.6) is 17.2 Å². The third kappa shape index (κ3) is 3.94. The maximum atomic E-state index is 13.5. The molecule has 5 rings (SSSR count). The maximum Gasteiger partial charge on any atom is 0.302 e. The molecule has 0 spiro atoms. The summed E-state index contributed by atoms with van der Waals surface area (Å²) in [7, 11) is 4.57. The number of hydrogen-bond donors (Lipinski definition) is 2. The Morgan fingerprint density at radius 2 is 1.62 bits per heavy atom. The number of amides is 1. The van der Waals surface area contributed by atoms with Crippen LogP contribution in [0.25, 0.3) is 16.8 Å². The fourth-order valence-electron chi connectivity index (χ4n) is 4.62. The van der Waals surface area contributed by atoms with Crippen molar-refractivity contribution in [2.45, 2.75) is 13.0 Å². The number of aromatic nitrogens is 2. The van der Waals surface area contributed by atoms with E-state index in [1.165, 1.54) is 19.1 Å². The van der Waals surface area contributed by atoms with Gasteiger partial charge in [-0.1, -0.05) is 18.2 Å². The molecule has 2 N–H and O–H groups in total. The molecular weight excluding hydrogens is 474 g/mol. The third-order valence-corrected chi connectivity index (χ3v) is 6.44. The first-order valence-electron chi connectivity index (χ1n) is 11.5. The zero-order valence-electron chi connectivity index (χ0n) is 20.7. The van der Waals surface area contributed by atoms with Gasteiger partial charge in [-0.25, -0.2) is 4.98 Å². The van der Waals surface area contributed by atoms with Gasteiger partial charge in [0.2, 0.25) is 5.95 Å². The lowest BCUT2D eigenvalue weighted by atomic mass is 9.94. The number of aliphatic hydroxyl groups is 1. The van der Waals surface area contributed by atoms with E-state index in [9.17, 15) is 14.7 Å². The molecule has 9 heteroatoms. The summed E-state index contributed by atoms with van der Waals surface area (Å²) in [5.41, 5.74) is 2.95. The number of aliphatic hydroxyl groups excluding tert-OH is 1. The molecule has 0 bridgehead atoms. The summed E-state index contributed by atoms with van der Waals surface area (Å²) in [6.45, 7) is 1.83. The molecule has 1 aromatic heterocycles. The van der Waals surface area contributed by atoms with E-state index in [1.54, 1.807) is 49.6 Å². The van der Waals surface area contributed by atoms with Crippen molar-refractivity contribution in [3.63, 3.8) is 0 Å². The summed E-state index contributed by atoms with van der Waals surface area (Å²) in [5.74, 6) is -0.226. The van der Waals surface area contributed by atoms with E-state index in [0.29, 0.717) is 39.4 Å². The number of H-pyrrole nitrogens is 1. The minimum Gasteiger partial charge on any atom is -0.507 e. The molecule has 1 amide bonds. The number of rotatable bonds is 6.